The average molecular weight is 403 g/mol. The van der Waals surface area contributed by atoms with Crippen molar-refractivity contribution in [1.29, 1.82) is 0 Å². The van der Waals surface area contributed by atoms with Gasteiger partial charge in [0, 0.05) is 12.2 Å². The summed E-state index contributed by atoms with van der Waals surface area (Å²) in [5, 5.41) is 3.02. The van der Waals surface area contributed by atoms with E-state index in [0.717, 1.165) is 16.8 Å². The highest BCUT2D eigenvalue weighted by atomic mass is 16.5. The number of rotatable bonds is 3. The molecule has 1 aromatic heterocycles. The first-order chi connectivity index (χ1) is 14.6. The van der Waals surface area contributed by atoms with Crippen molar-refractivity contribution in [3.8, 4) is 5.75 Å². The van der Waals surface area contributed by atoms with Crippen LogP contribution in [0, 0.1) is 6.92 Å². The molecule has 7 nitrogen and oxygen atoms in total. The molecule has 0 saturated carbocycles. The summed E-state index contributed by atoms with van der Waals surface area (Å²) in [5.74, 6) is 0.791. The van der Waals surface area contributed by atoms with E-state index in [0.29, 0.717) is 24.5 Å². The molecule has 2 aliphatic rings. The fraction of sp³-hybridized carbons (Fsp3) is 0.261. The molecule has 2 aliphatic heterocycles. The Morgan fingerprint density at radius 1 is 1.27 bits per heavy atom. The molecule has 0 radical (unpaired) electrons. The fourth-order valence-electron chi connectivity index (χ4n) is 4.83. The van der Waals surface area contributed by atoms with Gasteiger partial charge in [0.05, 0.1) is 13.2 Å². The van der Waals surface area contributed by atoms with E-state index in [4.69, 9.17) is 9.15 Å². The van der Waals surface area contributed by atoms with Crippen molar-refractivity contribution in [3.05, 3.63) is 77.5 Å². The number of aromatic nitrogens is 1. The van der Waals surface area contributed by atoms with Gasteiger partial charge in [0.15, 0.2) is 12.1 Å². The van der Waals surface area contributed by atoms with Crippen LogP contribution in [0.25, 0.3) is 0 Å². The average Bonchev–Trinajstić information content (AvgIpc) is 3.45. The predicted octanol–water partition coefficient (Wildman–Crippen LogP) is 3.47. The fourth-order valence-corrected chi connectivity index (χ4v) is 4.83. The maximum Gasteiger partial charge on any atom is 0.276 e. The molecule has 1 N–H and O–H groups in total. The summed E-state index contributed by atoms with van der Waals surface area (Å²) in [6, 6.07) is 14.7. The number of nitrogens with one attached hydrogen (secondary N) is 1. The van der Waals surface area contributed by atoms with Gasteiger partial charge in [0.2, 0.25) is 5.91 Å². The third-order valence-electron chi connectivity index (χ3n) is 6.20. The molecular weight excluding hydrogens is 382 g/mol. The third-order valence-corrected chi connectivity index (χ3v) is 6.20. The zero-order chi connectivity index (χ0) is 20.9. The molecule has 3 aromatic rings. The van der Waals surface area contributed by atoms with Crippen LogP contribution in [0.4, 0.5) is 5.69 Å². The number of likely N-dealkylation sites (tertiary alicyclic amines) is 1. The summed E-state index contributed by atoms with van der Waals surface area (Å²) in [7, 11) is 1.60. The molecule has 152 valence electrons. The van der Waals surface area contributed by atoms with Crippen molar-refractivity contribution in [3.63, 3.8) is 0 Å². The molecule has 5 rings (SSSR count). The number of fused-ring (bicyclic) bond motifs is 2. The summed E-state index contributed by atoms with van der Waals surface area (Å²) >= 11 is 0. The van der Waals surface area contributed by atoms with Gasteiger partial charge in [-0.1, -0.05) is 30.3 Å². The van der Waals surface area contributed by atoms with Crippen LogP contribution in [0.3, 0.4) is 0 Å². The van der Waals surface area contributed by atoms with E-state index in [-0.39, 0.29) is 17.5 Å². The van der Waals surface area contributed by atoms with Gasteiger partial charge < -0.3 is 19.4 Å². The number of para-hydroxylation sites is 1. The number of carbonyl (C=O) groups excluding carboxylic acids is 2. The Hall–Kier alpha value is -3.61. The van der Waals surface area contributed by atoms with E-state index in [2.05, 4.69) is 10.3 Å². The van der Waals surface area contributed by atoms with Crippen molar-refractivity contribution < 1.29 is 18.7 Å². The minimum absolute atomic E-state index is 0.0938. The predicted molar refractivity (Wildman–Crippen MR) is 109 cm³/mol. The van der Waals surface area contributed by atoms with Crippen molar-refractivity contribution in [1.82, 2.24) is 9.88 Å². The van der Waals surface area contributed by atoms with Crippen molar-refractivity contribution >= 4 is 17.5 Å². The van der Waals surface area contributed by atoms with Gasteiger partial charge in [0.25, 0.3) is 5.91 Å². The van der Waals surface area contributed by atoms with Crippen molar-refractivity contribution in [2.45, 2.75) is 24.8 Å². The third kappa shape index (κ3) is 2.48. The summed E-state index contributed by atoms with van der Waals surface area (Å²) in [6.45, 7) is 2.14. The molecule has 7 heteroatoms. The van der Waals surface area contributed by atoms with Gasteiger partial charge in [0.1, 0.15) is 16.9 Å². The molecule has 0 unspecified atom stereocenters. The number of hydrogen-bond acceptors (Lipinski definition) is 5. The molecule has 1 fully saturated rings. The van der Waals surface area contributed by atoms with Crippen LogP contribution in [0.15, 0.2) is 59.3 Å². The SMILES string of the molecule is COc1cccc([C@@H]2N(C(=O)c3ncoc3C)CC[C@]23C(=O)Nc2ccccc23)c1. The summed E-state index contributed by atoms with van der Waals surface area (Å²) < 4.78 is 10.7. The van der Waals surface area contributed by atoms with Crippen LogP contribution in [-0.4, -0.2) is 35.4 Å². The second-order valence-electron chi connectivity index (χ2n) is 7.66. The van der Waals surface area contributed by atoms with E-state index >= 15 is 0 Å². The molecule has 3 heterocycles. The Bertz CT molecular complexity index is 1150. The number of aryl methyl sites for hydroxylation is 1. The van der Waals surface area contributed by atoms with Gasteiger partial charge in [-0.25, -0.2) is 4.98 Å². The largest absolute Gasteiger partial charge is 0.497 e. The maximum absolute atomic E-state index is 13.5. The smallest absolute Gasteiger partial charge is 0.276 e. The summed E-state index contributed by atoms with van der Waals surface area (Å²) in [6.07, 6.45) is 1.78. The standard InChI is InChI=1S/C23H21N3O4/c1-14-19(24-13-30-14)21(27)26-11-10-23(17-8-3-4-9-18(17)25-22(23)28)20(26)15-6-5-7-16(12-15)29-2/h3-9,12-13,20H,10-11H2,1-2H3,(H,25,28)/t20-,23+/m0/s1. The second-order valence-corrected chi connectivity index (χ2v) is 7.66. The highest BCUT2D eigenvalue weighted by molar-refractivity contribution is 6.08. The van der Waals surface area contributed by atoms with E-state index in [1.807, 2.05) is 48.5 Å². The second kappa shape index (κ2) is 6.73. The molecule has 2 amide bonds. The number of hydrogen-bond donors (Lipinski definition) is 1. The minimum atomic E-state index is -0.879. The Morgan fingerprint density at radius 3 is 2.87 bits per heavy atom. The van der Waals surface area contributed by atoms with Crippen LogP contribution in [0.5, 0.6) is 5.75 Å². The van der Waals surface area contributed by atoms with Crippen molar-refractivity contribution in [2.75, 3.05) is 19.0 Å². The lowest BCUT2D eigenvalue weighted by Gasteiger charge is -2.34. The summed E-state index contributed by atoms with van der Waals surface area (Å²) in [5.41, 5.74) is 1.94. The van der Waals surface area contributed by atoms with E-state index < -0.39 is 11.5 Å². The van der Waals surface area contributed by atoms with Gasteiger partial charge in [-0.05, 0) is 42.7 Å². The Balaban J connectivity index is 1.70. The lowest BCUT2D eigenvalue weighted by Crippen LogP contribution is -2.42. The Kier molecular flexibility index (Phi) is 4.13. The van der Waals surface area contributed by atoms with E-state index in [1.165, 1.54) is 6.39 Å². The normalized spacial score (nSPS) is 22.3. The zero-order valence-corrected chi connectivity index (χ0v) is 16.7. The first kappa shape index (κ1) is 18.4. The number of carbonyl (C=O) groups is 2. The number of methoxy groups -OCH3 is 1. The number of ether oxygens (including phenoxy) is 1. The highest BCUT2D eigenvalue weighted by Gasteiger charge is 2.59. The molecule has 1 saturated heterocycles. The lowest BCUT2D eigenvalue weighted by molar-refractivity contribution is -0.121. The van der Waals surface area contributed by atoms with Gasteiger partial charge in [-0.3, -0.25) is 9.59 Å². The van der Waals surface area contributed by atoms with Gasteiger partial charge >= 0.3 is 0 Å². The molecule has 0 aliphatic carbocycles. The zero-order valence-electron chi connectivity index (χ0n) is 16.7. The molecule has 1 spiro atoms. The topological polar surface area (TPSA) is 84.7 Å². The first-order valence-electron chi connectivity index (χ1n) is 9.82. The van der Waals surface area contributed by atoms with Crippen molar-refractivity contribution in [2.24, 2.45) is 0 Å². The number of oxazole rings is 1. The number of benzene rings is 2. The van der Waals surface area contributed by atoms with E-state index in [1.54, 1.807) is 18.9 Å². The van der Waals surface area contributed by atoms with Crippen LogP contribution in [-0.2, 0) is 10.2 Å². The van der Waals surface area contributed by atoms with Gasteiger partial charge in [-0.15, -0.1) is 0 Å². The molecule has 2 aromatic carbocycles. The summed E-state index contributed by atoms with van der Waals surface area (Å²) in [4.78, 5) is 32.7. The van der Waals surface area contributed by atoms with Crippen LogP contribution in [0.1, 0.15) is 39.8 Å². The van der Waals surface area contributed by atoms with Gasteiger partial charge in [-0.2, -0.15) is 0 Å². The Labute approximate surface area is 173 Å². The van der Waals surface area contributed by atoms with Crippen LogP contribution < -0.4 is 10.1 Å². The number of amides is 2. The lowest BCUT2D eigenvalue weighted by atomic mass is 9.72. The van der Waals surface area contributed by atoms with Crippen LogP contribution in [0.2, 0.25) is 0 Å². The molecule has 0 bridgehead atoms. The Morgan fingerprint density at radius 2 is 2.10 bits per heavy atom. The molecular formula is C23H21N3O4. The first-order valence-corrected chi connectivity index (χ1v) is 9.82. The quantitative estimate of drug-likeness (QED) is 0.724. The minimum Gasteiger partial charge on any atom is -0.497 e. The van der Waals surface area contributed by atoms with Crippen LogP contribution >= 0.6 is 0 Å². The highest BCUT2D eigenvalue weighted by Crippen LogP contribution is 2.55. The maximum atomic E-state index is 13.5. The number of nitrogens with zero attached hydrogens (tertiary/aromatic N) is 2. The monoisotopic (exact) mass is 403 g/mol. The molecule has 30 heavy (non-hydrogen) atoms. The van der Waals surface area contributed by atoms with E-state index in [9.17, 15) is 9.59 Å². The molecule has 2 atom stereocenters. The number of anilines is 1.